The summed E-state index contributed by atoms with van der Waals surface area (Å²) in [6, 6.07) is -2.45. The lowest BCUT2D eigenvalue weighted by Gasteiger charge is -2.53. The van der Waals surface area contributed by atoms with Gasteiger partial charge in [-0.1, -0.05) is 5.23 Å². The molecule has 10 heterocycles. The van der Waals surface area contributed by atoms with Gasteiger partial charge in [-0.2, -0.15) is 9.38 Å². The fourth-order valence-corrected chi connectivity index (χ4v) is 5.87. The number of aliphatic imine (C=N–C) groups is 1. The monoisotopic (exact) mass is 429 g/mol. The molecular weight excluding hydrogens is 423 g/mol. The number of fused-ring (bicyclic) bond motifs is 2. The zero-order chi connectivity index (χ0) is 18.4. The van der Waals surface area contributed by atoms with Crippen LogP contribution in [0.3, 0.4) is 0 Å². The summed E-state index contributed by atoms with van der Waals surface area (Å²) in [6.07, 6.45) is -4.58. The molecule has 15 nitrogen and oxygen atoms in total. The van der Waals surface area contributed by atoms with E-state index in [0.29, 0.717) is 10.1 Å². The van der Waals surface area contributed by atoms with Crippen LogP contribution in [-0.2, 0) is 51.0 Å². The topological polar surface area (TPSA) is 156 Å². The molecule has 4 atom stereocenters. The van der Waals surface area contributed by atoms with Gasteiger partial charge in [-0.15, -0.1) is 13.9 Å². The highest BCUT2D eigenvalue weighted by Crippen LogP contribution is 2.73. The molecule has 0 aromatic rings. The van der Waals surface area contributed by atoms with Crippen molar-refractivity contribution in [1.82, 2.24) is 10.1 Å². The minimum absolute atomic E-state index is 0.372. The van der Waals surface area contributed by atoms with Crippen LogP contribution >= 0.6 is 15.6 Å². The van der Waals surface area contributed by atoms with Gasteiger partial charge in [-0.05, 0) is 0 Å². The summed E-state index contributed by atoms with van der Waals surface area (Å²) < 4.78 is 81.0. The van der Waals surface area contributed by atoms with Crippen LogP contribution in [-0.4, -0.2) is 57.9 Å². The van der Waals surface area contributed by atoms with Gasteiger partial charge in [0.05, 0.1) is 0 Å². The minimum atomic E-state index is -4.36. The fourth-order valence-electron chi connectivity index (χ4n) is 3.60. The lowest BCUT2D eigenvalue weighted by Crippen LogP contribution is -2.68. The number of amidine groups is 1. The van der Waals surface area contributed by atoms with Crippen LogP contribution in [0.1, 0.15) is 0 Å². The van der Waals surface area contributed by atoms with Gasteiger partial charge in [0, 0.05) is 0 Å². The Morgan fingerprint density at radius 3 is 2.78 bits per heavy atom. The number of aliphatic hydroxyl groups is 1. The molecule has 1 unspecified atom stereocenters. The summed E-state index contributed by atoms with van der Waals surface area (Å²) in [5.74, 6) is -4.90. The highest BCUT2D eigenvalue weighted by molar-refractivity contribution is 7.49. The first-order valence-corrected chi connectivity index (χ1v) is 10.3. The second-order valence-electron chi connectivity index (χ2n) is 6.24. The van der Waals surface area contributed by atoms with Crippen LogP contribution < -0.4 is 0 Å². The van der Waals surface area contributed by atoms with E-state index < -0.39 is 63.4 Å². The number of rotatable bonds is 0. The third kappa shape index (κ3) is 1.64. The summed E-state index contributed by atoms with van der Waals surface area (Å²) in [7, 11) is -8.67. The molecule has 5 fully saturated rings. The molecular formula is C9H6FN3O12P2. The lowest BCUT2D eigenvalue weighted by molar-refractivity contribution is -0.377. The maximum atomic E-state index is 15.3. The number of phosphoric acid groups is 2. The van der Waals surface area contributed by atoms with Crippen molar-refractivity contribution in [2.45, 2.75) is 30.3 Å². The average molecular weight is 429 g/mol. The van der Waals surface area contributed by atoms with E-state index in [2.05, 4.69) is 9.67 Å². The van der Waals surface area contributed by atoms with E-state index in [4.69, 9.17) is 37.2 Å². The quantitative estimate of drug-likeness (QED) is 0.304. The van der Waals surface area contributed by atoms with Crippen LogP contribution in [0.5, 0.6) is 0 Å². The Labute approximate surface area is 146 Å². The van der Waals surface area contributed by atoms with Crippen molar-refractivity contribution >= 4 is 21.5 Å². The molecule has 0 aromatic heterocycles. The van der Waals surface area contributed by atoms with Gasteiger partial charge >= 0.3 is 21.7 Å². The van der Waals surface area contributed by atoms with Gasteiger partial charge in [-0.25, -0.2) is 32.5 Å². The van der Waals surface area contributed by atoms with E-state index in [1.165, 1.54) is 0 Å². The van der Waals surface area contributed by atoms with Crippen molar-refractivity contribution in [2.75, 3.05) is 6.61 Å². The van der Waals surface area contributed by atoms with E-state index >= 15 is 4.39 Å². The van der Waals surface area contributed by atoms with Crippen LogP contribution in [0, 0.1) is 0 Å². The molecule has 1 N–H and O–H groups in total. The molecule has 10 aliphatic rings. The lowest BCUT2D eigenvalue weighted by atomic mass is 10.1. The fraction of sp³-hybridized carbons (Fsp3) is 0.667. The van der Waals surface area contributed by atoms with E-state index in [9.17, 15) is 14.2 Å². The van der Waals surface area contributed by atoms with E-state index in [1.807, 2.05) is 0 Å². The third-order valence-corrected chi connectivity index (χ3v) is 7.07. The van der Waals surface area contributed by atoms with Crippen LogP contribution in [0.25, 0.3) is 0 Å². The molecule has 0 saturated carbocycles. The highest BCUT2D eigenvalue weighted by Gasteiger charge is 2.78. The number of hydrogen-bond donors (Lipinski definition) is 1. The normalized spacial score (nSPS) is 56.7. The predicted octanol–water partition coefficient (Wildman–Crippen LogP) is -0.304. The minimum Gasteiger partial charge on any atom is -0.483 e. The van der Waals surface area contributed by atoms with Crippen molar-refractivity contribution in [3.63, 3.8) is 0 Å². The molecule has 18 heteroatoms. The first-order chi connectivity index (χ1) is 12.7. The summed E-state index contributed by atoms with van der Waals surface area (Å²) in [6.45, 7) is -0.372. The second kappa shape index (κ2) is 4.22. The number of halogens is 1. The average Bonchev–Trinajstić information content (AvgIpc) is 2.80. The van der Waals surface area contributed by atoms with Gasteiger partial charge in [0.15, 0.2) is 12.3 Å². The van der Waals surface area contributed by atoms with Gasteiger partial charge in [-0.3, -0.25) is 0 Å². The molecule has 0 radical (unpaired) electrons. The largest absolute Gasteiger partial charge is 0.525 e. The van der Waals surface area contributed by atoms with Gasteiger partial charge in [0.1, 0.15) is 12.7 Å². The maximum absolute atomic E-state index is 15.3. The molecule has 0 amide bonds. The van der Waals surface area contributed by atoms with Crippen molar-refractivity contribution in [3.8, 4) is 0 Å². The van der Waals surface area contributed by atoms with E-state index in [1.54, 1.807) is 0 Å². The smallest absolute Gasteiger partial charge is 0.483 e. The molecule has 10 aliphatic heterocycles. The van der Waals surface area contributed by atoms with Crippen molar-refractivity contribution in [1.29, 1.82) is 0 Å². The summed E-state index contributed by atoms with van der Waals surface area (Å²) >= 11 is 0. The van der Waals surface area contributed by atoms with Crippen LogP contribution in [0.4, 0.5) is 4.39 Å². The third-order valence-electron chi connectivity index (χ3n) is 4.66. The van der Waals surface area contributed by atoms with Crippen molar-refractivity contribution in [3.05, 3.63) is 11.7 Å². The zero-order valence-corrected chi connectivity index (χ0v) is 14.3. The number of hydrogen-bond acceptors (Lipinski definition) is 15. The van der Waals surface area contributed by atoms with Gasteiger partial charge in [0.2, 0.25) is 17.5 Å². The molecule has 5 saturated heterocycles. The molecule has 10 rings (SSSR count). The van der Waals surface area contributed by atoms with E-state index in [-0.39, 0.29) is 6.61 Å². The molecule has 0 aromatic carbocycles. The first-order valence-electron chi connectivity index (χ1n) is 7.41. The molecule has 146 valence electrons. The number of nitrogens with zero attached hydrogens (tertiary/aromatic N) is 3. The van der Waals surface area contributed by atoms with E-state index in [0.717, 1.165) is 0 Å². The second-order valence-corrected chi connectivity index (χ2v) is 9.06. The Bertz CT molecular complexity index is 952. The van der Waals surface area contributed by atoms with Crippen LogP contribution in [0.15, 0.2) is 16.7 Å². The summed E-state index contributed by atoms with van der Waals surface area (Å²) in [4.78, 5) is 9.47. The SMILES string of the molecule is O=P12OO[C@H]3[C@H]4COC5=C(F)N6C(O4)[C@]3(O)OP3(=O)ON(O3)C5=NC6(O1)O2. The number of phosphoric ester groups is 1. The summed E-state index contributed by atoms with van der Waals surface area (Å²) in [5.41, 5.74) is 0. The standard InChI is InChI=1S/C9H6FN3O12P2/c10-5-3-6-11-9-12(5)7-8(14,20-27(16)23-13(6)24-27)4(2(18-7)1-17-3)19-25-26(15,21-9)22-9/h2,4,7,14H,1H2/t2-,4+,7?,8-,9?,26?/m1/s1. The Hall–Kier alpha value is -1.16. The first kappa shape index (κ1) is 15.7. The Morgan fingerprint density at radius 1 is 1.22 bits per heavy atom. The highest BCUT2D eigenvalue weighted by atomic mass is 31.2. The van der Waals surface area contributed by atoms with Crippen molar-refractivity contribution in [2.24, 2.45) is 4.99 Å². The number of hydroxylamine groups is 2. The molecule has 1 spiro atoms. The Balaban J connectivity index is 1.57. The molecule has 0 aliphatic carbocycles. The molecule has 27 heavy (non-hydrogen) atoms. The predicted molar refractivity (Wildman–Crippen MR) is 68.1 cm³/mol. The van der Waals surface area contributed by atoms with Gasteiger partial charge in [0.25, 0.3) is 5.79 Å². The number of ether oxygens (including phenoxy) is 2. The maximum Gasteiger partial charge on any atom is 0.525 e. The van der Waals surface area contributed by atoms with Gasteiger partial charge < -0.3 is 14.6 Å². The molecule has 11 bridgehead atoms. The zero-order valence-electron chi connectivity index (χ0n) is 12.5. The van der Waals surface area contributed by atoms with Crippen LogP contribution in [0.2, 0.25) is 0 Å². The Kier molecular flexibility index (Phi) is 2.46. The Morgan fingerprint density at radius 2 is 2.00 bits per heavy atom. The van der Waals surface area contributed by atoms with Crippen molar-refractivity contribution < 1.29 is 60.5 Å². The summed E-state index contributed by atoms with van der Waals surface area (Å²) in [5, 5.41) is 11.6.